The molecule has 0 bridgehead atoms. The second-order valence-corrected chi connectivity index (χ2v) is 8.71. The highest BCUT2D eigenvalue weighted by Gasteiger charge is 2.33. The van der Waals surface area contributed by atoms with Gasteiger partial charge < -0.3 is 14.4 Å². The number of rotatable bonds is 5. The highest BCUT2D eigenvalue weighted by atomic mass is 32.2. The minimum absolute atomic E-state index is 0.0479. The van der Waals surface area contributed by atoms with Crippen molar-refractivity contribution in [2.75, 3.05) is 40.4 Å². The molecule has 1 aromatic carbocycles. The molecule has 30 heavy (non-hydrogen) atoms. The summed E-state index contributed by atoms with van der Waals surface area (Å²) in [4.78, 5) is 14.7. The van der Waals surface area contributed by atoms with Crippen LogP contribution in [0.25, 0.3) is 5.52 Å². The maximum atomic E-state index is 13.2. The Balaban J connectivity index is 1.52. The Bertz CT molecular complexity index is 1180. The Labute approximate surface area is 174 Å². The van der Waals surface area contributed by atoms with Crippen LogP contribution in [0.1, 0.15) is 10.4 Å². The Kier molecular flexibility index (Phi) is 5.35. The van der Waals surface area contributed by atoms with Crippen molar-refractivity contribution in [3.63, 3.8) is 0 Å². The molecule has 9 nitrogen and oxygen atoms in total. The average Bonchev–Trinajstić information content (AvgIpc) is 3.22. The zero-order chi connectivity index (χ0) is 21.3. The van der Waals surface area contributed by atoms with Crippen molar-refractivity contribution in [2.24, 2.45) is 0 Å². The van der Waals surface area contributed by atoms with Crippen molar-refractivity contribution in [1.29, 1.82) is 0 Å². The molecule has 158 valence electrons. The summed E-state index contributed by atoms with van der Waals surface area (Å²) in [6.45, 7) is 0.949. The number of aromatic nitrogens is 2. The van der Waals surface area contributed by atoms with Crippen molar-refractivity contribution in [3.05, 3.63) is 54.4 Å². The number of ether oxygens (including phenoxy) is 2. The zero-order valence-electron chi connectivity index (χ0n) is 16.7. The van der Waals surface area contributed by atoms with Crippen LogP contribution < -0.4 is 9.47 Å². The third kappa shape index (κ3) is 3.48. The highest BCUT2D eigenvalue weighted by molar-refractivity contribution is 7.89. The van der Waals surface area contributed by atoms with Gasteiger partial charge in [-0.3, -0.25) is 4.79 Å². The zero-order valence-corrected chi connectivity index (χ0v) is 17.5. The van der Waals surface area contributed by atoms with Crippen LogP contribution in [0.4, 0.5) is 0 Å². The normalized spacial score (nSPS) is 15.3. The van der Waals surface area contributed by atoms with Gasteiger partial charge >= 0.3 is 0 Å². The minimum Gasteiger partial charge on any atom is -0.497 e. The number of fused-ring (bicyclic) bond motifs is 1. The number of sulfonamides is 1. The fraction of sp³-hybridized carbons (Fsp3) is 0.300. The Morgan fingerprint density at radius 3 is 2.50 bits per heavy atom. The van der Waals surface area contributed by atoms with Crippen molar-refractivity contribution >= 4 is 21.4 Å². The SMILES string of the molecule is COc1ccc(OC)c(S(=O)(=O)N2CCN(C(=O)c3cnn4ccccc34)CC2)c1. The van der Waals surface area contributed by atoms with Crippen LogP contribution in [0.2, 0.25) is 0 Å². The third-order valence-corrected chi connectivity index (χ3v) is 7.09. The molecule has 0 spiro atoms. The number of pyridine rings is 1. The maximum Gasteiger partial charge on any atom is 0.257 e. The number of carbonyl (C=O) groups excluding carboxylic acids is 1. The Morgan fingerprint density at radius 1 is 1.03 bits per heavy atom. The minimum atomic E-state index is -3.80. The molecular formula is C20H22N4O5S. The van der Waals surface area contributed by atoms with E-state index in [1.807, 2.05) is 18.2 Å². The molecule has 0 N–H and O–H groups in total. The molecule has 1 aliphatic rings. The van der Waals surface area contributed by atoms with Gasteiger partial charge in [-0.15, -0.1) is 0 Å². The molecule has 1 saturated heterocycles. The summed E-state index contributed by atoms with van der Waals surface area (Å²) in [5.41, 5.74) is 1.22. The van der Waals surface area contributed by atoms with Crippen LogP contribution in [-0.4, -0.2) is 73.5 Å². The second kappa shape index (κ2) is 7.96. The number of hydrogen-bond acceptors (Lipinski definition) is 6. The smallest absolute Gasteiger partial charge is 0.257 e. The molecule has 0 unspecified atom stereocenters. The maximum absolute atomic E-state index is 13.2. The largest absolute Gasteiger partial charge is 0.497 e. The predicted molar refractivity (Wildman–Crippen MR) is 109 cm³/mol. The molecule has 0 radical (unpaired) electrons. The van der Waals surface area contributed by atoms with E-state index < -0.39 is 10.0 Å². The van der Waals surface area contributed by atoms with E-state index in [4.69, 9.17) is 9.47 Å². The molecule has 0 atom stereocenters. The van der Waals surface area contributed by atoms with Gasteiger partial charge in [0.25, 0.3) is 5.91 Å². The molecule has 1 amide bonds. The second-order valence-electron chi connectivity index (χ2n) is 6.80. The van der Waals surface area contributed by atoms with Gasteiger partial charge in [0.05, 0.1) is 31.5 Å². The van der Waals surface area contributed by atoms with E-state index in [9.17, 15) is 13.2 Å². The van der Waals surface area contributed by atoms with E-state index in [1.165, 1.54) is 24.6 Å². The number of hydrogen-bond donors (Lipinski definition) is 0. The molecular weight excluding hydrogens is 408 g/mol. The van der Waals surface area contributed by atoms with Crippen LogP contribution in [-0.2, 0) is 10.0 Å². The first-order chi connectivity index (χ1) is 14.5. The van der Waals surface area contributed by atoms with Crippen molar-refractivity contribution < 1.29 is 22.7 Å². The standard InChI is InChI=1S/C20H22N4O5S/c1-28-15-6-7-18(29-2)19(13-15)30(26,27)23-11-9-22(10-12-23)20(25)16-14-21-24-8-4-3-5-17(16)24/h3-8,13-14H,9-12H2,1-2H3. The molecule has 2 aromatic heterocycles. The summed E-state index contributed by atoms with van der Waals surface area (Å²) in [6.07, 6.45) is 3.32. The fourth-order valence-electron chi connectivity index (χ4n) is 3.53. The quantitative estimate of drug-likeness (QED) is 0.609. The van der Waals surface area contributed by atoms with Crippen molar-refractivity contribution in [3.8, 4) is 11.5 Å². The van der Waals surface area contributed by atoms with Gasteiger partial charge in [0.15, 0.2) is 0 Å². The Morgan fingerprint density at radius 2 is 1.80 bits per heavy atom. The molecule has 1 fully saturated rings. The molecule has 0 saturated carbocycles. The number of benzene rings is 1. The summed E-state index contributed by atoms with van der Waals surface area (Å²) >= 11 is 0. The number of amides is 1. The average molecular weight is 430 g/mol. The van der Waals surface area contributed by atoms with Gasteiger partial charge in [0.2, 0.25) is 10.0 Å². The first-order valence-corrected chi connectivity index (χ1v) is 10.8. The van der Waals surface area contributed by atoms with E-state index in [0.29, 0.717) is 11.3 Å². The first kappa shape index (κ1) is 20.2. The highest BCUT2D eigenvalue weighted by Crippen LogP contribution is 2.31. The molecule has 0 aliphatic carbocycles. The van der Waals surface area contributed by atoms with E-state index in [1.54, 1.807) is 33.9 Å². The van der Waals surface area contributed by atoms with Gasteiger partial charge in [0, 0.05) is 38.4 Å². The third-order valence-electron chi connectivity index (χ3n) is 5.17. The van der Waals surface area contributed by atoms with Crippen LogP contribution in [0, 0.1) is 0 Å². The summed E-state index contributed by atoms with van der Waals surface area (Å²) < 4.78 is 39.8. The van der Waals surface area contributed by atoms with Crippen LogP contribution in [0.3, 0.4) is 0 Å². The van der Waals surface area contributed by atoms with Crippen molar-refractivity contribution in [2.45, 2.75) is 4.90 Å². The van der Waals surface area contributed by atoms with Crippen LogP contribution in [0.5, 0.6) is 11.5 Å². The van der Waals surface area contributed by atoms with E-state index in [-0.39, 0.29) is 42.7 Å². The van der Waals surface area contributed by atoms with Gasteiger partial charge in [-0.25, -0.2) is 12.9 Å². The monoisotopic (exact) mass is 430 g/mol. The predicted octanol–water partition coefficient (Wildman–Crippen LogP) is 1.50. The first-order valence-electron chi connectivity index (χ1n) is 9.39. The lowest BCUT2D eigenvalue weighted by atomic mass is 10.2. The molecule has 1 aliphatic heterocycles. The molecule has 10 heteroatoms. The number of carbonyl (C=O) groups is 1. The lowest BCUT2D eigenvalue weighted by Gasteiger charge is -2.34. The Hall–Kier alpha value is -3.11. The van der Waals surface area contributed by atoms with Gasteiger partial charge in [-0.1, -0.05) is 6.07 Å². The van der Waals surface area contributed by atoms with Gasteiger partial charge in [-0.05, 0) is 24.3 Å². The van der Waals surface area contributed by atoms with Gasteiger partial charge in [0.1, 0.15) is 16.4 Å². The summed E-state index contributed by atoms with van der Waals surface area (Å²) in [5.74, 6) is 0.518. The lowest BCUT2D eigenvalue weighted by molar-refractivity contribution is 0.0699. The summed E-state index contributed by atoms with van der Waals surface area (Å²) in [7, 11) is -0.902. The topological polar surface area (TPSA) is 93.5 Å². The number of methoxy groups -OCH3 is 2. The van der Waals surface area contributed by atoms with Gasteiger partial charge in [-0.2, -0.15) is 9.40 Å². The fourth-order valence-corrected chi connectivity index (χ4v) is 5.12. The van der Waals surface area contributed by atoms with E-state index in [2.05, 4.69) is 5.10 Å². The summed E-state index contributed by atoms with van der Waals surface area (Å²) in [5, 5.41) is 4.20. The number of nitrogens with zero attached hydrogens (tertiary/aromatic N) is 4. The van der Waals surface area contributed by atoms with E-state index in [0.717, 1.165) is 5.52 Å². The lowest BCUT2D eigenvalue weighted by Crippen LogP contribution is -2.50. The van der Waals surface area contributed by atoms with Crippen LogP contribution in [0.15, 0.2) is 53.7 Å². The molecule has 4 rings (SSSR count). The molecule has 3 aromatic rings. The van der Waals surface area contributed by atoms with Crippen molar-refractivity contribution in [1.82, 2.24) is 18.8 Å². The summed E-state index contributed by atoms with van der Waals surface area (Å²) in [6, 6.07) is 10.2. The molecule has 3 heterocycles. The van der Waals surface area contributed by atoms with Crippen LogP contribution >= 0.6 is 0 Å². The number of piperazine rings is 1. The van der Waals surface area contributed by atoms with E-state index >= 15 is 0 Å².